The Bertz CT molecular complexity index is 1220. The molecule has 0 saturated carbocycles. The Labute approximate surface area is 173 Å². The highest BCUT2D eigenvalue weighted by Crippen LogP contribution is 2.30. The number of rotatable bonds is 7. The van der Waals surface area contributed by atoms with Crippen molar-refractivity contribution in [3.05, 3.63) is 52.6 Å². The lowest BCUT2D eigenvalue weighted by Gasteiger charge is -2.12. The summed E-state index contributed by atoms with van der Waals surface area (Å²) >= 11 is 0. The summed E-state index contributed by atoms with van der Waals surface area (Å²) in [6, 6.07) is 8.40. The Morgan fingerprint density at radius 3 is 2.47 bits per heavy atom. The number of hydrogen-bond donors (Lipinski definition) is 2. The molecule has 0 saturated heterocycles. The third-order valence-electron chi connectivity index (χ3n) is 4.18. The molecular weight excluding hydrogens is 436 g/mol. The molecule has 0 fully saturated rings. The molecule has 0 radical (unpaired) electrons. The molecule has 11 nitrogen and oxygen atoms in total. The zero-order valence-corrected chi connectivity index (χ0v) is 17.4. The van der Waals surface area contributed by atoms with Crippen molar-refractivity contribution >= 4 is 37.3 Å². The minimum absolute atomic E-state index is 0.0728. The highest BCUT2D eigenvalue weighted by atomic mass is 32.2. The van der Waals surface area contributed by atoms with E-state index in [9.17, 15) is 26.9 Å². The molecule has 0 atom stereocenters. The summed E-state index contributed by atoms with van der Waals surface area (Å²) in [5, 5.41) is 11.3. The van der Waals surface area contributed by atoms with Gasteiger partial charge in [-0.15, -0.1) is 0 Å². The van der Waals surface area contributed by atoms with Crippen LogP contribution in [0.2, 0.25) is 0 Å². The van der Waals surface area contributed by atoms with Crippen LogP contribution in [0.15, 0.2) is 57.2 Å². The van der Waals surface area contributed by atoms with Crippen LogP contribution in [0.1, 0.15) is 12.8 Å². The van der Waals surface area contributed by atoms with Gasteiger partial charge in [0.15, 0.2) is 4.90 Å². The molecule has 3 rings (SSSR count). The predicted octanol–water partition coefficient (Wildman–Crippen LogP) is 1.87. The van der Waals surface area contributed by atoms with Crippen LogP contribution in [0.5, 0.6) is 5.75 Å². The molecular formula is C17H18N4O7S2. The fraction of sp³-hybridized carbons (Fsp3) is 0.235. The van der Waals surface area contributed by atoms with Crippen molar-refractivity contribution < 1.29 is 26.5 Å². The normalized spacial score (nSPS) is 14.1. The molecule has 0 unspecified atom stereocenters. The summed E-state index contributed by atoms with van der Waals surface area (Å²) in [6.45, 7) is 0.540. The monoisotopic (exact) mass is 454 g/mol. The average Bonchev–Trinajstić information content (AvgIpc) is 3.19. The summed E-state index contributed by atoms with van der Waals surface area (Å²) in [5.41, 5.74) is -0.747. The van der Waals surface area contributed by atoms with Crippen LogP contribution in [0.4, 0.5) is 11.4 Å². The molecule has 0 aromatic heterocycles. The molecule has 2 aromatic carbocycles. The van der Waals surface area contributed by atoms with E-state index in [0.717, 1.165) is 24.6 Å². The first-order chi connectivity index (χ1) is 14.1. The molecule has 1 heterocycles. The van der Waals surface area contributed by atoms with Crippen LogP contribution in [0.25, 0.3) is 0 Å². The lowest BCUT2D eigenvalue weighted by Crippen LogP contribution is -2.29. The average molecular weight is 454 g/mol. The second-order valence-corrected chi connectivity index (χ2v) is 9.59. The first-order valence-corrected chi connectivity index (χ1v) is 11.6. The van der Waals surface area contributed by atoms with Crippen molar-refractivity contribution in [1.29, 1.82) is 0 Å². The van der Waals surface area contributed by atoms with Gasteiger partial charge in [-0.3, -0.25) is 24.6 Å². The van der Waals surface area contributed by atoms with Gasteiger partial charge in [-0.25, -0.2) is 16.8 Å². The van der Waals surface area contributed by atoms with E-state index in [1.54, 1.807) is 0 Å². The molecule has 0 amide bonds. The summed E-state index contributed by atoms with van der Waals surface area (Å²) in [5.74, 6) is 0.462. The lowest BCUT2D eigenvalue weighted by atomic mass is 10.3. The van der Waals surface area contributed by atoms with Gasteiger partial charge in [-0.05, 0) is 36.8 Å². The maximum Gasteiger partial charge on any atom is 0.293 e. The smallest absolute Gasteiger partial charge is 0.293 e. The number of benzene rings is 2. The number of hydrogen-bond acceptors (Lipinski definition) is 8. The largest absolute Gasteiger partial charge is 0.497 e. The lowest BCUT2D eigenvalue weighted by molar-refractivity contribution is -0.387. The first kappa shape index (κ1) is 21.5. The Hall–Kier alpha value is -3.19. The molecule has 1 aliphatic rings. The molecule has 1 aliphatic heterocycles. The Balaban J connectivity index is 1.91. The SMILES string of the molecule is COc1ccc(S(=O)(=O)Nc2cccc(S(=O)(=O)NC3=NCCC3)c2)c([N+](=O)[O-])c1. The van der Waals surface area contributed by atoms with Crippen molar-refractivity contribution in [1.82, 2.24) is 4.72 Å². The Morgan fingerprint density at radius 2 is 1.83 bits per heavy atom. The van der Waals surface area contributed by atoms with Crippen LogP contribution in [-0.4, -0.2) is 41.2 Å². The number of nitrogens with zero attached hydrogens (tertiary/aromatic N) is 2. The highest BCUT2D eigenvalue weighted by molar-refractivity contribution is 7.93. The fourth-order valence-electron chi connectivity index (χ4n) is 2.77. The molecule has 0 aliphatic carbocycles. The number of ether oxygens (including phenoxy) is 1. The minimum atomic E-state index is -4.38. The number of nitro benzene ring substituents is 1. The van der Waals surface area contributed by atoms with Gasteiger partial charge in [0, 0.05) is 13.0 Å². The van der Waals surface area contributed by atoms with Crippen LogP contribution < -0.4 is 14.2 Å². The first-order valence-electron chi connectivity index (χ1n) is 8.64. The number of amidine groups is 1. The predicted molar refractivity (Wildman–Crippen MR) is 109 cm³/mol. The molecule has 13 heteroatoms. The molecule has 30 heavy (non-hydrogen) atoms. The van der Waals surface area contributed by atoms with Crippen LogP contribution >= 0.6 is 0 Å². The van der Waals surface area contributed by atoms with Gasteiger partial charge in [0.05, 0.1) is 28.7 Å². The topological polar surface area (TPSA) is 157 Å². The zero-order chi connectivity index (χ0) is 21.9. The van der Waals surface area contributed by atoms with Crippen molar-refractivity contribution in [2.24, 2.45) is 4.99 Å². The molecule has 0 bridgehead atoms. The Morgan fingerprint density at radius 1 is 1.07 bits per heavy atom. The molecule has 2 N–H and O–H groups in total. The number of nitrogens with one attached hydrogen (secondary N) is 2. The second kappa shape index (κ2) is 8.28. The van der Waals surface area contributed by atoms with E-state index >= 15 is 0 Å². The van der Waals surface area contributed by atoms with E-state index in [1.807, 2.05) is 0 Å². The number of sulfonamides is 2. The van der Waals surface area contributed by atoms with Crippen LogP contribution in [-0.2, 0) is 20.0 Å². The quantitative estimate of drug-likeness (QED) is 0.477. The van der Waals surface area contributed by atoms with Crippen molar-refractivity contribution in [3.8, 4) is 5.75 Å². The zero-order valence-electron chi connectivity index (χ0n) is 15.7. The Kier molecular flexibility index (Phi) is 5.94. The second-order valence-electron chi connectivity index (χ2n) is 6.26. The summed E-state index contributed by atoms with van der Waals surface area (Å²) in [6.07, 6.45) is 1.25. The number of nitro groups is 1. The van der Waals surface area contributed by atoms with Crippen LogP contribution in [0, 0.1) is 10.1 Å². The summed E-state index contributed by atoms with van der Waals surface area (Å²) in [7, 11) is -7.05. The molecule has 160 valence electrons. The van der Waals surface area contributed by atoms with Gasteiger partial charge < -0.3 is 4.74 Å². The third-order valence-corrected chi connectivity index (χ3v) is 6.98. The van der Waals surface area contributed by atoms with E-state index < -0.39 is 35.6 Å². The van der Waals surface area contributed by atoms with E-state index in [2.05, 4.69) is 14.4 Å². The van der Waals surface area contributed by atoms with Crippen molar-refractivity contribution in [2.45, 2.75) is 22.6 Å². The highest BCUT2D eigenvalue weighted by Gasteiger charge is 2.27. The number of methoxy groups -OCH3 is 1. The maximum absolute atomic E-state index is 12.7. The standard InChI is InChI=1S/C17H18N4O7S2/c1-28-13-7-8-16(15(11-13)21(22)23)30(26,27)19-12-4-2-5-14(10-12)29(24,25)20-17-6-3-9-18-17/h2,4-5,7-8,10-11,19H,3,6,9H2,1H3,(H,18,20). The number of aliphatic imine (C=N–C) groups is 1. The van der Waals surface area contributed by atoms with Gasteiger partial charge in [-0.1, -0.05) is 6.07 Å². The van der Waals surface area contributed by atoms with Crippen molar-refractivity contribution in [2.75, 3.05) is 18.4 Å². The molecule has 2 aromatic rings. The number of anilines is 1. The maximum atomic E-state index is 12.7. The third kappa shape index (κ3) is 4.68. The van der Waals surface area contributed by atoms with Crippen molar-refractivity contribution in [3.63, 3.8) is 0 Å². The van der Waals surface area contributed by atoms with E-state index in [1.165, 1.54) is 31.4 Å². The molecule has 0 spiro atoms. The van der Waals surface area contributed by atoms with Gasteiger partial charge in [0.25, 0.3) is 25.7 Å². The van der Waals surface area contributed by atoms with Gasteiger partial charge in [-0.2, -0.15) is 0 Å². The van der Waals surface area contributed by atoms with Gasteiger partial charge in [0.1, 0.15) is 11.6 Å². The minimum Gasteiger partial charge on any atom is -0.497 e. The summed E-state index contributed by atoms with van der Waals surface area (Å²) < 4.78 is 59.9. The van der Waals surface area contributed by atoms with E-state index in [-0.39, 0.29) is 16.3 Å². The fourth-order valence-corrected chi connectivity index (χ4v) is 5.11. The van der Waals surface area contributed by atoms with Gasteiger partial charge in [0.2, 0.25) is 0 Å². The summed E-state index contributed by atoms with van der Waals surface area (Å²) in [4.78, 5) is 13.7. The van der Waals surface area contributed by atoms with E-state index in [4.69, 9.17) is 4.74 Å². The van der Waals surface area contributed by atoms with E-state index in [0.29, 0.717) is 18.8 Å². The van der Waals surface area contributed by atoms with Crippen LogP contribution in [0.3, 0.4) is 0 Å². The van der Waals surface area contributed by atoms with Gasteiger partial charge >= 0.3 is 0 Å².